The first-order chi connectivity index (χ1) is 15.0. The Bertz CT molecular complexity index is 996. The summed E-state index contributed by atoms with van der Waals surface area (Å²) in [5.74, 6) is 0. The quantitative estimate of drug-likeness (QED) is 0.295. The third-order valence-corrected chi connectivity index (χ3v) is 5.14. The number of carbonyl (C=O) groups is 1. The van der Waals surface area contributed by atoms with Crippen molar-refractivity contribution in [1.82, 2.24) is 5.32 Å². The van der Waals surface area contributed by atoms with Crippen LogP contribution in [0.3, 0.4) is 0 Å². The number of nitrogens with one attached hydrogen (secondary N) is 2. The Morgan fingerprint density at radius 1 is 1.00 bits per heavy atom. The number of ether oxygens (including phenoxy) is 1. The smallest absolute Gasteiger partial charge is 0.407 e. The number of anilines is 1. The van der Waals surface area contributed by atoms with Gasteiger partial charge in [-0.1, -0.05) is 58.4 Å². The van der Waals surface area contributed by atoms with Gasteiger partial charge in [0.05, 0.1) is 11.0 Å². The minimum atomic E-state index is -0.478. The van der Waals surface area contributed by atoms with Crippen molar-refractivity contribution in [3.8, 4) is 0 Å². The van der Waals surface area contributed by atoms with Crippen LogP contribution in [0.15, 0.2) is 83.3 Å². The summed E-state index contributed by atoms with van der Waals surface area (Å²) < 4.78 is 6.21. The number of hydrogen-bond donors (Lipinski definition) is 2. The molecule has 160 valence electrons. The number of halogens is 1. The minimum Gasteiger partial charge on any atom is -0.445 e. The van der Waals surface area contributed by atoms with Crippen LogP contribution in [0.5, 0.6) is 0 Å². The minimum absolute atomic E-state index is 0.0357. The lowest BCUT2D eigenvalue weighted by atomic mass is 10.0. The van der Waals surface area contributed by atoms with Crippen molar-refractivity contribution in [2.24, 2.45) is 0 Å². The molecular weight excluding hydrogens is 462 g/mol. The zero-order chi connectivity index (χ0) is 22.1. The summed E-state index contributed by atoms with van der Waals surface area (Å²) >= 11 is 3.43. The molecule has 3 rings (SSSR count). The first kappa shape index (κ1) is 22.3. The number of nitro benzene ring substituents is 1. The average molecular weight is 484 g/mol. The molecule has 1 atom stereocenters. The molecule has 0 radical (unpaired) electrons. The molecule has 3 aromatic rings. The standard InChI is InChI=1S/C23H22BrN3O4/c24-19-8-6-18(7-9-19)22(26-20-10-12-21(13-11-20)27(29)30)14-15-25-23(28)31-16-17-4-2-1-3-5-17/h1-13,22,26H,14-16H2,(H,25,28)/t22-/m0/s1. The van der Waals surface area contributed by atoms with Gasteiger partial charge in [0.1, 0.15) is 6.61 Å². The van der Waals surface area contributed by atoms with E-state index < -0.39 is 11.0 Å². The summed E-state index contributed by atoms with van der Waals surface area (Å²) in [5.41, 5.74) is 2.74. The summed E-state index contributed by atoms with van der Waals surface area (Å²) in [7, 11) is 0. The molecule has 8 heteroatoms. The molecule has 2 N–H and O–H groups in total. The fourth-order valence-electron chi connectivity index (χ4n) is 2.99. The van der Waals surface area contributed by atoms with Gasteiger partial charge in [-0.3, -0.25) is 10.1 Å². The lowest BCUT2D eigenvalue weighted by Crippen LogP contribution is -2.27. The van der Waals surface area contributed by atoms with E-state index in [1.807, 2.05) is 54.6 Å². The van der Waals surface area contributed by atoms with Crippen LogP contribution in [0, 0.1) is 10.1 Å². The molecule has 0 spiro atoms. The molecule has 0 aliphatic heterocycles. The number of non-ortho nitro benzene ring substituents is 1. The molecule has 7 nitrogen and oxygen atoms in total. The van der Waals surface area contributed by atoms with Crippen molar-refractivity contribution < 1.29 is 14.5 Å². The molecule has 31 heavy (non-hydrogen) atoms. The monoisotopic (exact) mass is 483 g/mol. The second kappa shape index (κ2) is 11.1. The van der Waals surface area contributed by atoms with E-state index in [4.69, 9.17) is 4.74 Å². The van der Waals surface area contributed by atoms with Crippen molar-refractivity contribution in [1.29, 1.82) is 0 Å². The Morgan fingerprint density at radius 2 is 1.68 bits per heavy atom. The van der Waals surface area contributed by atoms with Gasteiger partial charge in [-0.2, -0.15) is 0 Å². The van der Waals surface area contributed by atoms with Gasteiger partial charge in [0.2, 0.25) is 0 Å². The van der Waals surface area contributed by atoms with Gasteiger partial charge in [-0.15, -0.1) is 0 Å². The van der Waals surface area contributed by atoms with Gasteiger partial charge in [-0.05, 0) is 41.8 Å². The van der Waals surface area contributed by atoms with E-state index >= 15 is 0 Å². The number of nitro groups is 1. The van der Waals surface area contributed by atoms with Crippen LogP contribution < -0.4 is 10.6 Å². The molecule has 0 aromatic heterocycles. The van der Waals surface area contributed by atoms with E-state index in [1.54, 1.807) is 12.1 Å². The Balaban J connectivity index is 1.58. The maximum absolute atomic E-state index is 12.0. The van der Waals surface area contributed by atoms with E-state index in [0.717, 1.165) is 21.3 Å². The van der Waals surface area contributed by atoms with Gasteiger partial charge < -0.3 is 15.4 Å². The van der Waals surface area contributed by atoms with Crippen LogP contribution in [0.1, 0.15) is 23.6 Å². The lowest BCUT2D eigenvalue weighted by Gasteiger charge is -2.21. The largest absolute Gasteiger partial charge is 0.445 e. The highest BCUT2D eigenvalue weighted by molar-refractivity contribution is 9.10. The zero-order valence-electron chi connectivity index (χ0n) is 16.7. The fourth-order valence-corrected chi connectivity index (χ4v) is 3.25. The second-order valence-corrected chi connectivity index (χ2v) is 7.75. The number of rotatable bonds is 9. The zero-order valence-corrected chi connectivity index (χ0v) is 18.2. The van der Waals surface area contributed by atoms with E-state index in [-0.39, 0.29) is 18.3 Å². The molecule has 0 heterocycles. The van der Waals surface area contributed by atoms with Crippen LogP contribution in [-0.4, -0.2) is 17.6 Å². The van der Waals surface area contributed by atoms with E-state index in [9.17, 15) is 14.9 Å². The van der Waals surface area contributed by atoms with E-state index in [2.05, 4.69) is 26.6 Å². The number of carbonyl (C=O) groups excluding carboxylic acids is 1. The number of nitrogens with zero attached hydrogens (tertiary/aromatic N) is 1. The molecule has 0 saturated heterocycles. The third kappa shape index (κ3) is 7.11. The Hall–Kier alpha value is -3.39. The normalized spacial score (nSPS) is 11.4. The van der Waals surface area contributed by atoms with Crippen LogP contribution in [-0.2, 0) is 11.3 Å². The number of amides is 1. The van der Waals surface area contributed by atoms with Gasteiger partial charge >= 0.3 is 6.09 Å². The van der Waals surface area contributed by atoms with Gasteiger partial charge in [0.25, 0.3) is 5.69 Å². The van der Waals surface area contributed by atoms with Crippen molar-refractivity contribution >= 4 is 33.4 Å². The average Bonchev–Trinajstić information content (AvgIpc) is 2.78. The molecule has 1 amide bonds. The molecule has 0 unspecified atom stereocenters. The lowest BCUT2D eigenvalue weighted by molar-refractivity contribution is -0.384. The van der Waals surface area contributed by atoms with Gasteiger partial charge in [0.15, 0.2) is 0 Å². The molecule has 0 aliphatic carbocycles. The van der Waals surface area contributed by atoms with E-state index in [1.165, 1.54) is 12.1 Å². The Morgan fingerprint density at radius 3 is 2.32 bits per heavy atom. The Labute approximate surface area is 188 Å². The molecule has 0 fully saturated rings. The number of alkyl carbamates (subject to hydrolysis) is 1. The van der Waals surface area contributed by atoms with Gasteiger partial charge in [-0.25, -0.2) is 4.79 Å². The van der Waals surface area contributed by atoms with E-state index in [0.29, 0.717) is 13.0 Å². The van der Waals surface area contributed by atoms with Crippen molar-refractivity contribution in [2.75, 3.05) is 11.9 Å². The van der Waals surface area contributed by atoms with Gasteiger partial charge in [0, 0.05) is 28.8 Å². The topological polar surface area (TPSA) is 93.5 Å². The molecule has 0 saturated carbocycles. The summed E-state index contributed by atoms with van der Waals surface area (Å²) in [4.78, 5) is 22.5. The summed E-state index contributed by atoms with van der Waals surface area (Å²) in [5, 5.41) is 17.0. The van der Waals surface area contributed by atoms with Crippen molar-refractivity contribution in [2.45, 2.75) is 19.1 Å². The predicted octanol–water partition coefficient (Wildman–Crippen LogP) is 5.83. The second-order valence-electron chi connectivity index (χ2n) is 6.83. The SMILES string of the molecule is O=C(NCC[C@H](Nc1ccc([N+](=O)[O-])cc1)c1ccc(Br)cc1)OCc1ccccc1. The van der Waals surface area contributed by atoms with Crippen LogP contribution in [0.25, 0.3) is 0 Å². The van der Waals surface area contributed by atoms with Crippen molar-refractivity contribution in [3.63, 3.8) is 0 Å². The predicted molar refractivity (Wildman–Crippen MR) is 123 cm³/mol. The molecule has 0 bridgehead atoms. The highest BCUT2D eigenvalue weighted by atomic mass is 79.9. The first-order valence-electron chi connectivity index (χ1n) is 9.72. The van der Waals surface area contributed by atoms with Crippen LogP contribution >= 0.6 is 15.9 Å². The molecular formula is C23H22BrN3O4. The maximum Gasteiger partial charge on any atom is 0.407 e. The highest BCUT2D eigenvalue weighted by Gasteiger charge is 2.14. The summed E-state index contributed by atoms with van der Waals surface area (Å²) in [6, 6.07) is 23.5. The maximum atomic E-state index is 12.0. The number of hydrogen-bond acceptors (Lipinski definition) is 5. The van der Waals surface area contributed by atoms with Crippen molar-refractivity contribution in [3.05, 3.63) is 105 Å². The molecule has 3 aromatic carbocycles. The molecule has 0 aliphatic rings. The number of benzene rings is 3. The first-order valence-corrected chi connectivity index (χ1v) is 10.5. The van der Waals surface area contributed by atoms with Crippen LogP contribution in [0.2, 0.25) is 0 Å². The highest BCUT2D eigenvalue weighted by Crippen LogP contribution is 2.25. The fraction of sp³-hybridized carbons (Fsp3) is 0.174. The summed E-state index contributed by atoms with van der Waals surface area (Å²) in [6.07, 6.45) is 0.118. The third-order valence-electron chi connectivity index (χ3n) is 4.61. The summed E-state index contributed by atoms with van der Waals surface area (Å²) in [6.45, 7) is 0.609. The van der Waals surface area contributed by atoms with Crippen LogP contribution in [0.4, 0.5) is 16.2 Å². The Kier molecular flexibility index (Phi) is 8.00.